The lowest BCUT2D eigenvalue weighted by atomic mass is 10.1. The summed E-state index contributed by atoms with van der Waals surface area (Å²) in [5.41, 5.74) is 5.36. The van der Waals surface area contributed by atoms with Gasteiger partial charge in [-0.3, -0.25) is 13.8 Å². The number of carbonyl (C=O) groups is 1. The number of hydrogen-bond donors (Lipinski definition) is 2. The fourth-order valence-electron chi connectivity index (χ4n) is 5.43. The number of unbranched alkanes of at least 4 members (excludes halogenated alkanes) is 17. The van der Waals surface area contributed by atoms with Crippen LogP contribution in [0.5, 0.6) is 0 Å². The lowest BCUT2D eigenvalue weighted by Crippen LogP contribution is -2.25. The third-order valence-electron chi connectivity index (χ3n) is 8.69. The van der Waals surface area contributed by atoms with E-state index in [1.807, 2.05) is 6.08 Å². The minimum atomic E-state index is -4.28. The average Bonchev–Trinajstić information content (AvgIpc) is 3.16. The Morgan fingerprint density at radius 3 is 1.54 bits per heavy atom. The van der Waals surface area contributed by atoms with Gasteiger partial charge in [-0.15, -0.1) is 0 Å². The van der Waals surface area contributed by atoms with E-state index in [4.69, 9.17) is 24.3 Å². The zero-order chi connectivity index (χ0) is 39.5. The lowest BCUT2D eigenvalue weighted by Gasteiger charge is -2.19. The highest BCUT2D eigenvalue weighted by Gasteiger charge is 2.24. The van der Waals surface area contributed by atoms with Crippen molar-refractivity contribution in [2.24, 2.45) is 5.73 Å². The van der Waals surface area contributed by atoms with Crippen molar-refractivity contribution in [3.63, 3.8) is 0 Å². The van der Waals surface area contributed by atoms with Gasteiger partial charge >= 0.3 is 13.8 Å². The van der Waals surface area contributed by atoms with Gasteiger partial charge in [-0.1, -0.05) is 139 Å². The second kappa shape index (κ2) is 41.9. The molecule has 8 nitrogen and oxygen atoms in total. The zero-order valence-corrected chi connectivity index (χ0v) is 35.3. The first kappa shape index (κ1) is 51.8. The molecule has 2 atom stereocenters. The summed E-state index contributed by atoms with van der Waals surface area (Å²) in [6.07, 6.45) is 53.0. The number of nitrogens with two attached hydrogens (primary N) is 1. The molecule has 0 fully saturated rings. The molecule has 0 radical (unpaired) electrons. The summed E-state index contributed by atoms with van der Waals surface area (Å²) in [7, 11) is -4.28. The Morgan fingerprint density at radius 2 is 1.00 bits per heavy atom. The molecule has 0 saturated heterocycles. The number of carbonyl (C=O) groups excluding carboxylic acids is 1. The van der Waals surface area contributed by atoms with Gasteiger partial charge in [0.05, 0.1) is 19.5 Å². The molecule has 0 rings (SSSR count). The summed E-state index contributed by atoms with van der Waals surface area (Å²) in [6, 6.07) is 0. The summed E-state index contributed by atoms with van der Waals surface area (Å²) >= 11 is 0. The number of rotatable bonds is 40. The van der Waals surface area contributed by atoms with E-state index in [1.165, 1.54) is 83.5 Å². The quantitative estimate of drug-likeness (QED) is 0.0208. The van der Waals surface area contributed by atoms with Crippen LogP contribution in [0.2, 0.25) is 0 Å². The minimum absolute atomic E-state index is 0.0886. The first-order valence-electron chi connectivity index (χ1n) is 21.5. The molecule has 3 N–H and O–H groups in total. The van der Waals surface area contributed by atoms with Gasteiger partial charge in [0.1, 0.15) is 6.61 Å². The molecule has 0 amide bonds. The van der Waals surface area contributed by atoms with Crippen molar-refractivity contribution in [3.05, 3.63) is 73.1 Å². The van der Waals surface area contributed by atoms with Gasteiger partial charge in [-0.25, -0.2) is 4.57 Å². The molecule has 0 aromatic rings. The minimum Gasteiger partial charge on any atom is -0.492 e. The van der Waals surface area contributed by atoms with E-state index in [-0.39, 0.29) is 32.3 Å². The van der Waals surface area contributed by atoms with Gasteiger partial charge in [0.2, 0.25) is 0 Å². The predicted molar refractivity (Wildman–Crippen MR) is 228 cm³/mol. The molecule has 0 saturated carbocycles. The first-order valence-corrected chi connectivity index (χ1v) is 23.0. The monoisotopic (exact) mass is 778 g/mol. The fraction of sp³-hybridized carbons (Fsp3) is 0.711. The van der Waals surface area contributed by atoms with Crippen LogP contribution in [0, 0.1) is 0 Å². The molecule has 0 heterocycles. The van der Waals surface area contributed by atoms with Crippen LogP contribution in [-0.2, 0) is 27.9 Å². The summed E-state index contributed by atoms with van der Waals surface area (Å²) < 4.78 is 33.1. The standard InChI is InChI=1S/C45H80NO7P/c1-3-5-7-9-11-13-15-17-19-21-22-23-24-26-28-30-32-34-36-38-45(47)51-42-44(43-53-54(48,49)52-41-39-46)50-40-37-35-33-31-29-27-25-20-18-16-14-12-10-8-6-4-2/h11,13,17-20,22-23,26,28,37,40,44H,3-10,12,14-16,21,24-25,27,29-36,38-39,41-43,46H2,1-2H3,(H,48,49)/t44-/m1/s1. The molecule has 0 aliphatic rings. The summed E-state index contributed by atoms with van der Waals surface area (Å²) in [4.78, 5) is 22.3. The van der Waals surface area contributed by atoms with Gasteiger partial charge in [0, 0.05) is 13.0 Å². The van der Waals surface area contributed by atoms with Crippen molar-refractivity contribution >= 4 is 13.8 Å². The molecule has 0 spiro atoms. The number of phosphoric ester groups is 1. The number of phosphoric acid groups is 1. The van der Waals surface area contributed by atoms with Gasteiger partial charge in [0.15, 0.2) is 6.10 Å². The van der Waals surface area contributed by atoms with Crippen molar-refractivity contribution in [2.45, 2.75) is 180 Å². The maximum Gasteiger partial charge on any atom is 0.472 e. The number of ether oxygens (including phenoxy) is 2. The van der Waals surface area contributed by atoms with Crippen molar-refractivity contribution in [2.75, 3.05) is 26.4 Å². The largest absolute Gasteiger partial charge is 0.492 e. The van der Waals surface area contributed by atoms with Crippen LogP contribution in [-0.4, -0.2) is 43.3 Å². The summed E-state index contributed by atoms with van der Waals surface area (Å²) in [5, 5.41) is 0. The number of allylic oxidation sites excluding steroid dienone is 11. The van der Waals surface area contributed by atoms with Crippen LogP contribution in [0.25, 0.3) is 0 Å². The average molecular weight is 778 g/mol. The van der Waals surface area contributed by atoms with E-state index >= 15 is 0 Å². The van der Waals surface area contributed by atoms with Gasteiger partial charge < -0.3 is 20.1 Å². The smallest absolute Gasteiger partial charge is 0.472 e. The Morgan fingerprint density at radius 1 is 0.574 bits per heavy atom. The van der Waals surface area contributed by atoms with Gasteiger partial charge in [-0.05, 0) is 96.0 Å². The third kappa shape index (κ3) is 41.0. The van der Waals surface area contributed by atoms with E-state index in [9.17, 15) is 14.3 Å². The SMILES string of the molecule is CCCCCC=CCC=CCC=CCC=CCCCCCC(=O)OC[C@H](COP(=O)(O)OCCN)OC=CCCCCCCC=CCCCCCCCC. The second-order valence-corrected chi connectivity index (χ2v) is 15.4. The fourth-order valence-corrected chi connectivity index (χ4v) is 6.19. The van der Waals surface area contributed by atoms with E-state index < -0.39 is 13.9 Å². The first-order chi connectivity index (χ1) is 26.4. The molecular weight excluding hydrogens is 697 g/mol. The number of hydrogen-bond acceptors (Lipinski definition) is 7. The Balaban J connectivity index is 4.19. The predicted octanol–water partition coefficient (Wildman–Crippen LogP) is 13.1. The molecule has 9 heteroatoms. The van der Waals surface area contributed by atoms with Crippen LogP contribution in [0.3, 0.4) is 0 Å². The van der Waals surface area contributed by atoms with Gasteiger partial charge in [0.25, 0.3) is 0 Å². The summed E-state index contributed by atoms with van der Waals surface area (Å²) in [6.45, 7) is 4.12. The highest BCUT2D eigenvalue weighted by molar-refractivity contribution is 7.47. The van der Waals surface area contributed by atoms with E-state index in [1.54, 1.807) is 6.26 Å². The lowest BCUT2D eigenvalue weighted by molar-refractivity contribution is -0.147. The van der Waals surface area contributed by atoms with Crippen molar-refractivity contribution in [1.82, 2.24) is 0 Å². The Kier molecular flexibility index (Phi) is 40.2. The summed E-state index contributed by atoms with van der Waals surface area (Å²) in [5.74, 6) is -0.325. The van der Waals surface area contributed by atoms with Crippen LogP contribution in [0.4, 0.5) is 0 Å². The molecule has 0 bridgehead atoms. The van der Waals surface area contributed by atoms with Gasteiger partial charge in [-0.2, -0.15) is 0 Å². The van der Waals surface area contributed by atoms with Crippen LogP contribution in [0.1, 0.15) is 174 Å². The molecule has 312 valence electrons. The van der Waals surface area contributed by atoms with E-state index in [0.29, 0.717) is 6.42 Å². The van der Waals surface area contributed by atoms with Crippen molar-refractivity contribution < 1.29 is 32.8 Å². The molecule has 1 unspecified atom stereocenters. The van der Waals surface area contributed by atoms with Crippen LogP contribution < -0.4 is 5.73 Å². The maximum atomic E-state index is 12.4. The second-order valence-electron chi connectivity index (χ2n) is 13.9. The molecule has 0 aliphatic heterocycles. The van der Waals surface area contributed by atoms with Crippen LogP contribution in [0.15, 0.2) is 73.1 Å². The molecule has 0 aromatic heterocycles. The molecule has 54 heavy (non-hydrogen) atoms. The molecule has 0 aromatic carbocycles. The Labute approximate surface area is 331 Å². The Hall–Kier alpha value is -2.22. The number of esters is 1. The Bertz CT molecular complexity index is 1050. The topological polar surface area (TPSA) is 117 Å². The third-order valence-corrected chi connectivity index (χ3v) is 9.67. The normalized spacial score (nSPS) is 14.1. The maximum absolute atomic E-state index is 12.4. The van der Waals surface area contributed by atoms with Crippen molar-refractivity contribution in [1.29, 1.82) is 0 Å². The van der Waals surface area contributed by atoms with E-state index in [2.05, 4.69) is 74.6 Å². The molecular formula is C45H80NO7P. The van der Waals surface area contributed by atoms with Crippen LogP contribution >= 0.6 is 7.82 Å². The van der Waals surface area contributed by atoms with E-state index in [0.717, 1.165) is 70.6 Å². The highest BCUT2D eigenvalue weighted by atomic mass is 31.2. The zero-order valence-electron chi connectivity index (χ0n) is 34.4. The van der Waals surface area contributed by atoms with Crippen molar-refractivity contribution in [3.8, 4) is 0 Å². The molecule has 0 aliphatic carbocycles. The highest BCUT2D eigenvalue weighted by Crippen LogP contribution is 2.43.